The van der Waals surface area contributed by atoms with Gasteiger partial charge in [-0.3, -0.25) is 0 Å². The van der Waals surface area contributed by atoms with Crippen LogP contribution >= 0.6 is 0 Å². The standard InChI is InChI=1S/C15H25NO/c1-12(2)11-15(8-4-5-9-15)14(16-3)13-7-6-10-17-13/h6-7,10,12,14,16H,4-5,8-9,11H2,1-3H3. The van der Waals surface area contributed by atoms with E-state index in [1.165, 1.54) is 32.1 Å². The normalized spacial score (nSPS) is 20.9. The molecule has 1 heterocycles. The van der Waals surface area contributed by atoms with E-state index in [9.17, 15) is 0 Å². The molecule has 1 unspecified atom stereocenters. The summed E-state index contributed by atoms with van der Waals surface area (Å²) < 4.78 is 5.64. The Kier molecular flexibility index (Phi) is 3.93. The second-order valence-corrected chi connectivity index (χ2v) is 5.90. The largest absolute Gasteiger partial charge is 0.468 e. The molecule has 0 radical (unpaired) electrons. The first-order valence-electron chi connectivity index (χ1n) is 6.88. The molecule has 17 heavy (non-hydrogen) atoms. The summed E-state index contributed by atoms with van der Waals surface area (Å²) in [5.74, 6) is 1.86. The van der Waals surface area contributed by atoms with Gasteiger partial charge in [0.25, 0.3) is 0 Å². The molecule has 0 amide bonds. The average Bonchev–Trinajstić information content (AvgIpc) is 2.90. The van der Waals surface area contributed by atoms with Crippen LogP contribution in [0.5, 0.6) is 0 Å². The molecule has 0 saturated heterocycles. The van der Waals surface area contributed by atoms with Crippen molar-refractivity contribution in [2.24, 2.45) is 11.3 Å². The molecule has 1 atom stereocenters. The summed E-state index contributed by atoms with van der Waals surface area (Å²) in [5.41, 5.74) is 0.404. The zero-order valence-electron chi connectivity index (χ0n) is 11.3. The van der Waals surface area contributed by atoms with Crippen LogP contribution in [0.25, 0.3) is 0 Å². The van der Waals surface area contributed by atoms with Gasteiger partial charge in [0, 0.05) is 0 Å². The summed E-state index contributed by atoms with van der Waals surface area (Å²) in [5, 5.41) is 3.50. The number of furan rings is 1. The molecule has 1 saturated carbocycles. The van der Waals surface area contributed by atoms with Crippen molar-refractivity contribution in [2.45, 2.75) is 52.0 Å². The molecule has 2 nitrogen and oxygen atoms in total. The third-order valence-corrected chi connectivity index (χ3v) is 4.14. The minimum Gasteiger partial charge on any atom is -0.468 e. The zero-order chi connectivity index (χ0) is 12.3. The Balaban J connectivity index is 2.24. The van der Waals surface area contributed by atoms with Gasteiger partial charge in [0.15, 0.2) is 0 Å². The first-order valence-corrected chi connectivity index (χ1v) is 6.88. The third kappa shape index (κ3) is 2.57. The van der Waals surface area contributed by atoms with Gasteiger partial charge >= 0.3 is 0 Å². The SMILES string of the molecule is CNC(c1ccco1)C1(CC(C)C)CCCC1. The number of hydrogen-bond donors (Lipinski definition) is 1. The van der Waals surface area contributed by atoms with E-state index < -0.39 is 0 Å². The first kappa shape index (κ1) is 12.7. The van der Waals surface area contributed by atoms with Crippen LogP contribution in [-0.2, 0) is 0 Å². The van der Waals surface area contributed by atoms with Gasteiger partial charge in [0.05, 0.1) is 12.3 Å². The lowest BCUT2D eigenvalue weighted by Gasteiger charge is -2.38. The fourth-order valence-corrected chi connectivity index (χ4v) is 3.71. The van der Waals surface area contributed by atoms with Crippen molar-refractivity contribution in [3.63, 3.8) is 0 Å². The van der Waals surface area contributed by atoms with Crippen LogP contribution in [0.2, 0.25) is 0 Å². The highest BCUT2D eigenvalue weighted by atomic mass is 16.3. The van der Waals surface area contributed by atoms with Crippen molar-refractivity contribution < 1.29 is 4.42 Å². The van der Waals surface area contributed by atoms with Gasteiger partial charge in [-0.1, -0.05) is 26.7 Å². The van der Waals surface area contributed by atoms with E-state index in [0.717, 1.165) is 11.7 Å². The molecule has 2 heteroatoms. The molecule has 0 aromatic carbocycles. The van der Waals surface area contributed by atoms with Crippen molar-refractivity contribution >= 4 is 0 Å². The van der Waals surface area contributed by atoms with Crippen molar-refractivity contribution in [3.8, 4) is 0 Å². The van der Waals surface area contributed by atoms with E-state index in [4.69, 9.17) is 4.42 Å². The highest BCUT2D eigenvalue weighted by Gasteiger charge is 2.42. The lowest BCUT2D eigenvalue weighted by Crippen LogP contribution is -2.35. The quantitative estimate of drug-likeness (QED) is 0.829. The van der Waals surface area contributed by atoms with Crippen molar-refractivity contribution in [1.29, 1.82) is 0 Å². The summed E-state index contributed by atoms with van der Waals surface area (Å²) >= 11 is 0. The van der Waals surface area contributed by atoms with Crippen LogP contribution in [0.1, 0.15) is 57.8 Å². The molecular formula is C15H25NO. The third-order valence-electron chi connectivity index (χ3n) is 4.14. The van der Waals surface area contributed by atoms with Crippen LogP contribution < -0.4 is 5.32 Å². The fraction of sp³-hybridized carbons (Fsp3) is 0.733. The number of hydrogen-bond acceptors (Lipinski definition) is 2. The van der Waals surface area contributed by atoms with Gasteiger partial charge in [0.1, 0.15) is 5.76 Å². The number of nitrogens with one attached hydrogen (secondary N) is 1. The van der Waals surface area contributed by atoms with Gasteiger partial charge in [-0.15, -0.1) is 0 Å². The molecule has 1 aromatic rings. The van der Waals surface area contributed by atoms with Crippen LogP contribution in [0, 0.1) is 11.3 Å². The van der Waals surface area contributed by atoms with Gasteiger partial charge in [-0.05, 0) is 49.8 Å². The lowest BCUT2D eigenvalue weighted by atomic mass is 9.72. The van der Waals surface area contributed by atoms with Crippen molar-refractivity contribution in [2.75, 3.05) is 7.05 Å². The lowest BCUT2D eigenvalue weighted by molar-refractivity contribution is 0.144. The Labute approximate surface area is 105 Å². The van der Waals surface area contributed by atoms with Crippen molar-refractivity contribution in [3.05, 3.63) is 24.2 Å². The Hall–Kier alpha value is -0.760. The van der Waals surface area contributed by atoms with E-state index in [2.05, 4.69) is 32.3 Å². The van der Waals surface area contributed by atoms with Crippen LogP contribution in [0.4, 0.5) is 0 Å². The molecule has 2 rings (SSSR count). The predicted octanol–water partition coefficient (Wildman–Crippen LogP) is 4.15. The molecule has 0 aliphatic heterocycles. The van der Waals surface area contributed by atoms with Gasteiger partial charge in [-0.25, -0.2) is 0 Å². The fourth-order valence-electron chi connectivity index (χ4n) is 3.71. The van der Waals surface area contributed by atoms with Crippen molar-refractivity contribution in [1.82, 2.24) is 5.32 Å². The average molecular weight is 235 g/mol. The second-order valence-electron chi connectivity index (χ2n) is 5.90. The Morgan fingerprint density at radius 2 is 2.06 bits per heavy atom. The van der Waals surface area contributed by atoms with E-state index in [0.29, 0.717) is 11.5 Å². The summed E-state index contributed by atoms with van der Waals surface area (Å²) in [7, 11) is 2.06. The molecule has 1 aliphatic carbocycles. The Morgan fingerprint density at radius 3 is 2.53 bits per heavy atom. The van der Waals surface area contributed by atoms with E-state index >= 15 is 0 Å². The van der Waals surface area contributed by atoms with Gasteiger partial charge < -0.3 is 9.73 Å². The maximum Gasteiger partial charge on any atom is 0.121 e. The zero-order valence-corrected chi connectivity index (χ0v) is 11.3. The molecule has 1 fully saturated rings. The topological polar surface area (TPSA) is 25.2 Å². The molecule has 0 bridgehead atoms. The molecule has 1 aromatic heterocycles. The number of rotatable bonds is 5. The minimum atomic E-state index is 0.377. The van der Waals surface area contributed by atoms with Crippen LogP contribution in [-0.4, -0.2) is 7.05 Å². The van der Waals surface area contributed by atoms with Crippen LogP contribution in [0.3, 0.4) is 0 Å². The molecular weight excluding hydrogens is 210 g/mol. The van der Waals surface area contributed by atoms with Crippen LogP contribution in [0.15, 0.2) is 22.8 Å². The highest BCUT2D eigenvalue weighted by molar-refractivity contribution is 5.11. The monoisotopic (exact) mass is 235 g/mol. The first-order chi connectivity index (χ1) is 8.18. The summed E-state index contributed by atoms with van der Waals surface area (Å²) in [4.78, 5) is 0. The maximum absolute atomic E-state index is 5.64. The Morgan fingerprint density at radius 1 is 1.35 bits per heavy atom. The molecule has 1 aliphatic rings. The highest BCUT2D eigenvalue weighted by Crippen LogP contribution is 2.51. The summed E-state index contributed by atoms with van der Waals surface area (Å²) in [6.45, 7) is 4.66. The molecule has 1 N–H and O–H groups in total. The van der Waals surface area contributed by atoms with E-state index in [1.54, 1.807) is 6.26 Å². The second kappa shape index (κ2) is 5.26. The van der Waals surface area contributed by atoms with Gasteiger partial charge in [-0.2, -0.15) is 0 Å². The minimum absolute atomic E-state index is 0.377. The maximum atomic E-state index is 5.64. The Bertz CT molecular complexity index is 323. The predicted molar refractivity (Wildman–Crippen MR) is 70.9 cm³/mol. The summed E-state index contributed by atoms with van der Waals surface area (Å²) in [6.07, 6.45) is 8.48. The molecule has 96 valence electrons. The van der Waals surface area contributed by atoms with E-state index in [-0.39, 0.29) is 0 Å². The smallest absolute Gasteiger partial charge is 0.121 e. The van der Waals surface area contributed by atoms with Gasteiger partial charge in [0.2, 0.25) is 0 Å². The van der Waals surface area contributed by atoms with E-state index in [1.807, 2.05) is 6.07 Å². The molecule has 0 spiro atoms. The summed E-state index contributed by atoms with van der Waals surface area (Å²) in [6, 6.07) is 4.49.